The molecular formula is C32H37N3O3. The number of rotatable bonds is 7. The summed E-state index contributed by atoms with van der Waals surface area (Å²) in [5.74, 6) is -1.30. The Bertz CT molecular complexity index is 1380. The van der Waals surface area contributed by atoms with Crippen molar-refractivity contribution in [2.24, 2.45) is 0 Å². The fourth-order valence-electron chi connectivity index (χ4n) is 5.83. The van der Waals surface area contributed by atoms with E-state index in [2.05, 4.69) is 65.3 Å². The molecule has 198 valence electrons. The van der Waals surface area contributed by atoms with E-state index in [1.165, 1.54) is 11.1 Å². The smallest absolute Gasteiger partial charge is 0.360 e. The molecule has 0 bridgehead atoms. The first-order chi connectivity index (χ1) is 18.5. The van der Waals surface area contributed by atoms with Gasteiger partial charge in [0, 0.05) is 18.1 Å². The van der Waals surface area contributed by atoms with E-state index in [4.69, 9.17) is 0 Å². The second-order valence-corrected chi connectivity index (χ2v) is 9.77. The lowest BCUT2D eigenvalue weighted by Crippen LogP contribution is -2.40. The summed E-state index contributed by atoms with van der Waals surface area (Å²) >= 11 is 0. The number of para-hydroxylation sites is 2. The molecule has 3 aromatic carbocycles. The Balaban J connectivity index is 0.00000164. The van der Waals surface area contributed by atoms with Crippen molar-refractivity contribution >= 4 is 17.0 Å². The van der Waals surface area contributed by atoms with Crippen LogP contribution in [0, 0.1) is 0 Å². The Labute approximate surface area is 224 Å². The highest BCUT2D eigenvalue weighted by molar-refractivity contribution is 5.88. The monoisotopic (exact) mass is 511 g/mol. The van der Waals surface area contributed by atoms with E-state index in [0.29, 0.717) is 17.1 Å². The summed E-state index contributed by atoms with van der Waals surface area (Å²) in [6.45, 7) is 8.29. The molecule has 5 rings (SSSR count). The average Bonchev–Trinajstić information content (AvgIpc) is 3.29. The normalized spacial score (nSPS) is 18.2. The number of carboxylic acids is 1. The summed E-state index contributed by atoms with van der Waals surface area (Å²) in [7, 11) is 0. The van der Waals surface area contributed by atoms with Crippen LogP contribution in [0.15, 0.2) is 89.7 Å². The molecule has 6 nitrogen and oxygen atoms in total. The number of carboxylic acid groups (broad SMARTS) is 1. The van der Waals surface area contributed by atoms with Crippen LogP contribution in [-0.4, -0.2) is 37.6 Å². The fourth-order valence-corrected chi connectivity index (χ4v) is 5.83. The predicted octanol–water partition coefficient (Wildman–Crippen LogP) is 6.71. The van der Waals surface area contributed by atoms with Crippen molar-refractivity contribution in [3.63, 3.8) is 0 Å². The summed E-state index contributed by atoms with van der Waals surface area (Å²) in [5.41, 5.74) is 2.70. The highest BCUT2D eigenvalue weighted by atomic mass is 16.4. The van der Waals surface area contributed by atoms with Gasteiger partial charge in [-0.05, 0) is 56.4 Å². The molecule has 6 heteroatoms. The summed E-state index contributed by atoms with van der Waals surface area (Å²) in [5, 5.41) is 9.63. The van der Waals surface area contributed by atoms with Gasteiger partial charge in [0.05, 0.1) is 17.1 Å². The molecule has 0 saturated carbocycles. The van der Waals surface area contributed by atoms with Gasteiger partial charge in [0.15, 0.2) is 0 Å². The Morgan fingerprint density at radius 2 is 1.47 bits per heavy atom. The van der Waals surface area contributed by atoms with Crippen LogP contribution in [0.4, 0.5) is 0 Å². The number of nitrogens with zero attached hydrogens (tertiary/aromatic N) is 3. The van der Waals surface area contributed by atoms with E-state index in [1.807, 2.05) is 51.1 Å². The first-order valence-corrected chi connectivity index (χ1v) is 13.6. The predicted molar refractivity (Wildman–Crippen MR) is 153 cm³/mol. The van der Waals surface area contributed by atoms with Crippen LogP contribution >= 0.6 is 0 Å². The summed E-state index contributed by atoms with van der Waals surface area (Å²) in [6, 6.07) is 28.9. The second-order valence-electron chi connectivity index (χ2n) is 9.77. The number of likely N-dealkylation sites (tertiary alicyclic amines) is 1. The first-order valence-electron chi connectivity index (χ1n) is 13.6. The Kier molecular flexibility index (Phi) is 8.74. The van der Waals surface area contributed by atoms with E-state index >= 15 is 0 Å². The molecule has 1 aliphatic rings. The van der Waals surface area contributed by atoms with Crippen molar-refractivity contribution in [3.8, 4) is 0 Å². The molecule has 1 aromatic heterocycles. The highest BCUT2D eigenvalue weighted by Gasteiger charge is 2.38. The van der Waals surface area contributed by atoms with Crippen molar-refractivity contribution in [2.75, 3.05) is 0 Å². The van der Waals surface area contributed by atoms with Gasteiger partial charge in [0.1, 0.15) is 0 Å². The van der Waals surface area contributed by atoms with Gasteiger partial charge in [-0.25, -0.2) is 9.78 Å². The number of hydrogen-bond acceptors (Lipinski definition) is 4. The zero-order valence-electron chi connectivity index (χ0n) is 22.6. The molecular weight excluding hydrogens is 474 g/mol. The maximum absolute atomic E-state index is 13.3. The van der Waals surface area contributed by atoms with Gasteiger partial charge in [0.25, 0.3) is 5.56 Å². The lowest BCUT2D eigenvalue weighted by Gasteiger charge is -2.38. The molecule has 0 spiro atoms. The topological polar surface area (TPSA) is 75.4 Å². The highest BCUT2D eigenvalue weighted by Crippen LogP contribution is 2.40. The van der Waals surface area contributed by atoms with E-state index < -0.39 is 17.2 Å². The summed E-state index contributed by atoms with van der Waals surface area (Å²) < 4.78 is 1.63. The third kappa shape index (κ3) is 5.41. The van der Waals surface area contributed by atoms with Crippen LogP contribution in [0.5, 0.6) is 0 Å². The standard InChI is InChI=1S/C30H31N3O3.C2H6/c1-20-17-18-24(32(20)28(22-11-5-3-6-12-22)23-13-7-4-8-14-23)19-21(2)33-26-16-10-9-15-25(26)31-27(29(33)34)30(35)36;1-2/h3-16,20-21,24,28H,17-19H2,1-2H3,(H,35,36);1-2H3. The van der Waals surface area contributed by atoms with Crippen molar-refractivity contribution in [3.05, 3.63) is 112 Å². The third-order valence-electron chi connectivity index (χ3n) is 7.43. The molecule has 1 aliphatic heterocycles. The number of aromatic carboxylic acids is 1. The molecule has 1 fully saturated rings. The number of fused-ring (bicyclic) bond motifs is 1. The quantitative estimate of drug-likeness (QED) is 0.298. The van der Waals surface area contributed by atoms with Gasteiger partial charge in [-0.3, -0.25) is 9.69 Å². The molecule has 3 unspecified atom stereocenters. The van der Waals surface area contributed by atoms with Crippen molar-refractivity contribution in [1.29, 1.82) is 0 Å². The maximum atomic E-state index is 13.3. The van der Waals surface area contributed by atoms with E-state index in [9.17, 15) is 14.7 Å². The van der Waals surface area contributed by atoms with Gasteiger partial charge in [0.2, 0.25) is 5.69 Å². The van der Waals surface area contributed by atoms with Crippen LogP contribution in [0.2, 0.25) is 0 Å². The summed E-state index contributed by atoms with van der Waals surface area (Å²) in [4.78, 5) is 31.8. The van der Waals surface area contributed by atoms with E-state index in [1.54, 1.807) is 10.6 Å². The molecule has 1 N–H and O–H groups in total. The van der Waals surface area contributed by atoms with Crippen LogP contribution < -0.4 is 5.56 Å². The van der Waals surface area contributed by atoms with Crippen LogP contribution in [0.1, 0.15) is 80.7 Å². The van der Waals surface area contributed by atoms with Crippen molar-refractivity contribution in [1.82, 2.24) is 14.5 Å². The molecule has 0 aliphatic carbocycles. The SMILES string of the molecule is CC.CC1CCC(CC(C)n2c(=O)c(C(=O)O)nc3ccccc32)N1C(c1ccccc1)c1ccccc1. The second kappa shape index (κ2) is 12.2. The average molecular weight is 512 g/mol. The fraction of sp³-hybridized carbons (Fsp3) is 0.344. The minimum absolute atomic E-state index is 0.0996. The zero-order chi connectivity index (χ0) is 27.2. The Morgan fingerprint density at radius 1 is 0.921 bits per heavy atom. The lowest BCUT2D eigenvalue weighted by molar-refractivity contribution is 0.0687. The minimum atomic E-state index is -1.30. The van der Waals surface area contributed by atoms with Crippen molar-refractivity contribution < 1.29 is 9.90 Å². The van der Waals surface area contributed by atoms with Gasteiger partial charge in [-0.1, -0.05) is 86.6 Å². The van der Waals surface area contributed by atoms with Gasteiger partial charge in [-0.15, -0.1) is 0 Å². The molecule has 1 saturated heterocycles. The van der Waals surface area contributed by atoms with Gasteiger partial charge < -0.3 is 9.67 Å². The third-order valence-corrected chi connectivity index (χ3v) is 7.43. The van der Waals surface area contributed by atoms with Crippen LogP contribution in [0.3, 0.4) is 0 Å². The van der Waals surface area contributed by atoms with Crippen LogP contribution in [-0.2, 0) is 0 Å². The Morgan fingerprint density at radius 3 is 2.05 bits per heavy atom. The van der Waals surface area contributed by atoms with E-state index in [0.717, 1.165) is 19.3 Å². The molecule has 0 amide bonds. The van der Waals surface area contributed by atoms with Gasteiger partial charge >= 0.3 is 5.97 Å². The molecule has 4 aromatic rings. The molecule has 38 heavy (non-hydrogen) atoms. The summed E-state index contributed by atoms with van der Waals surface area (Å²) in [6.07, 6.45) is 2.82. The van der Waals surface area contributed by atoms with Crippen molar-refractivity contribution in [2.45, 2.75) is 71.1 Å². The number of aromatic nitrogens is 2. The minimum Gasteiger partial charge on any atom is -0.476 e. The number of carbonyl (C=O) groups is 1. The van der Waals surface area contributed by atoms with Gasteiger partial charge in [-0.2, -0.15) is 0 Å². The number of benzene rings is 3. The van der Waals surface area contributed by atoms with E-state index in [-0.39, 0.29) is 18.1 Å². The maximum Gasteiger partial charge on any atom is 0.360 e. The largest absolute Gasteiger partial charge is 0.476 e. The van der Waals surface area contributed by atoms with Crippen LogP contribution in [0.25, 0.3) is 11.0 Å². The molecule has 3 atom stereocenters. The first kappa shape index (κ1) is 27.3. The lowest BCUT2D eigenvalue weighted by atomic mass is 9.94. The molecule has 2 heterocycles. The zero-order valence-corrected chi connectivity index (χ0v) is 22.6. The molecule has 0 radical (unpaired) electrons. The Hall–Kier alpha value is -3.77. The number of hydrogen-bond donors (Lipinski definition) is 1.